The summed E-state index contributed by atoms with van der Waals surface area (Å²) in [6.45, 7) is 1.93. The van der Waals surface area contributed by atoms with Gasteiger partial charge >= 0.3 is 0 Å². The van der Waals surface area contributed by atoms with E-state index in [4.69, 9.17) is 11.6 Å². The molecule has 2 amide bonds. The van der Waals surface area contributed by atoms with Crippen molar-refractivity contribution in [3.8, 4) is 0 Å². The van der Waals surface area contributed by atoms with Crippen LogP contribution in [0.1, 0.15) is 12.0 Å². The molecule has 0 unspecified atom stereocenters. The average molecular weight is 303 g/mol. The van der Waals surface area contributed by atoms with E-state index in [-0.39, 0.29) is 18.2 Å². The first-order valence-electron chi connectivity index (χ1n) is 6.45. The Bertz CT molecular complexity index is 613. The summed E-state index contributed by atoms with van der Waals surface area (Å²) in [4.78, 5) is 23.6. The average Bonchev–Trinajstić information content (AvgIpc) is 2.38. The summed E-state index contributed by atoms with van der Waals surface area (Å²) >= 11 is 5.83. The molecule has 0 aliphatic heterocycles. The summed E-state index contributed by atoms with van der Waals surface area (Å²) in [5, 5.41) is 5.84. The van der Waals surface area contributed by atoms with Crippen LogP contribution >= 0.6 is 11.6 Å². The first-order chi connectivity index (χ1) is 10.0. The minimum absolute atomic E-state index is 0.250. The molecule has 0 fully saturated rings. The van der Waals surface area contributed by atoms with E-state index in [9.17, 15) is 9.59 Å². The van der Waals surface area contributed by atoms with Gasteiger partial charge in [-0.25, -0.2) is 0 Å². The van der Waals surface area contributed by atoms with Crippen LogP contribution in [0.15, 0.2) is 48.5 Å². The lowest BCUT2D eigenvalue weighted by Crippen LogP contribution is -2.21. The van der Waals surface area contributed by atoms with Crippen LogP contribution in [-0.4, -0.2) is 11.8 Å². The summed E-state index contributed by atoms with van der Waals surface area (Å²) in [5.74, 6) is -0.748. The first kappa shape index (κ1) is 15.1. The molecule has 2 aromatic rings. The normalized spacial score (nSPS) is 10.0. The third-order valence-corrected chi connectivity index (χ3v) is 2.97. The monoisotopic (exact) mass is 302 g/mol. The van der Waals surface area contributed by atoms with Crippen LogP contribution in [0.2, 0.25) is 5.02 Å². The van der Waals surface area contributed by atoms with Gasteiger partial charge in [0.1, 0.15) is 6.42 Å². The van der Waals surface area contributed by atoms with Crippen LogP contribution in [0.25, 0.3) is 0 Å². The smallest absolute Gasteiger partial charge is 0.233 e. The number of carbonyl (C=O) groups excluding carboxylic acids is 2. The number of hydrogen-bond acceptors (Lipinski definition) is 2. The van der Waals surface area contributed by atoms with Crippen LogP contribution in [0.3, 0.4) is 0 Å². The summed E-state index contributed by atoms with van der Waals surface area (Å²) in [6.07, 6.45) is -0.250. The standard InChI is InChI=1S/C16H15ClN2O2/c1-11-4-2-6-13(8-11)18-15(20)10-16(21)19-14-7-3-5-12(17)9-14/h2-9H,10H2,1H3,(H,18,20)(H,19,21). The fraction of sp³-hybridized carbons (Fsp3) is 0.125. The maximum Gasteiger partial charge on any atom is 0.233 e. The molecule has 0 bridgehead atoms. The van der Waals surface area contributed by atoms with E-state index in [1.54, 1.807) is 30.3 Å². The van der Waals surface area contributed by atoms with Crippen LogP contribution in [0.5, 0.6) is 0 Å². The number of aryl methyl sites for hydroxylation is 1. The molecular weight excluding hydrogens is 288 g/mol. The molecule has 0 spiro atoms. The van der Waals surface area contributed by atoms with E-state index >= 15 is 0 Å². The Hall–Kier alpha value is -2.33. The van der Waals surface area contributed by atoms with Crippen LogP contribution in [0, 0.1) is 6.92 Å². The van der Waals surface area contributed by atoms with Gasteiger partial charge in [-0.1, -0.05) is 29.8 Å². The lowest BCUT2D eigenvalue weighted by atomic mass is 10.2. The third kappa shape index (κ3) is 4.93. The van der Waals surface area contributed by atoms with Gasteiger partial charge in [-0.3, -0.25) is 9.59 Å². The summed E-state index contributed by atoms with van der Waals surface area (Å²) in [7, 11) is 0. The zero-order chi connectivity index (χ0) is 15.2. The lowest BCUT2D eigenvalue weighted by Gasteiger charge is -2.07. The third-order valence-electron chi connectivity index (χ3n) is 2.73. The Balaban J connectivity index is 1.89. The maximum absolute atomic E-state index is 11.8. The molecule has 2 rings (SSSR count). The molecule has 0 aromatic heterocycles. The fourth-order valence-electron chi connectivity index (χ4n) is 1.85. The molecule has 0 saturated carbocycles. The highest BCUT2D eigenvalue weighted by molar-refractivity contribution is 6.30. The van der Waals surface area contributed by atoms with E-state index in [0.717, 1.165) is 5.56 Å². The Morgan fingerprint density at radius 2 is 1.52 bits per heavy atom. The number of halogens is 1. The number of amides is 2. The van der Waals surface area contributed by atoms with Crippen molar-refractivity contribution in [2.75, 3.05) is 10.6 Å². The van der Waals surface area contributed by atoms with Crippen LogP contribution < -0.4 is 10.6 Å². The molecule has 4 nitrogen and oxygen atoms in total. The van der Waals surface area contributed by atoms with E-state index in [1.807, 2.05) is 25.1 Å². The number of benzene rings is 2. The predicted molar refractivity (Wildman–Crippen MR) is 84.5 cm³/mol. The van der Waals surface area contributed by atoms with Gasteiger partial charge in [0, 0.05) is 16.4 Å². The second-order valence-electron chi connectivity index (χ2n) is 4.65. The maximum atomic E-state index is 11.8. The SMILES string of the molecule is Cc1cccc(NC(=O)CC(=O)Nc2cccc(Cl)c2)c1. The quantitative estimate of drug-likeness (QED) is 0.848. The lowest BCUT2D eigenvalue weighted by molar-refractivity contribution is -0.123. The van der Waals surface area contributed by atoms with E-state index in [2.05, 4.69) is 10.6 Å². The number of carbonyl (C=O) groups is 2. The molecule has 0 saturated heterocycles. The van der Waals surface area contributed by atoms with Crippen molar-refractivity contribution in [3.63, 3.8) is 0 Å². The number of rotatable bonds is 4. The Morgan fingerprint density at radius 1 is 0.952 bits per heavy atom. The zero-order valence-corrected chi connectivity index (χ0v) is 12.3. The highest BCUT2D eigenvalue weighted by Gasteiger charge is 2.10. The zero-order valence-electron chi connectivity index (χ0n) is 11.5. The van der Waals surface area contributed by atoms with Crippen molar-refractivity contribution < 1.29 is 9.59 Å². The molecule has 2 aromatic carbocycles. The van der Waals surface area contributed by atoms with E-state index < -0.39 is 0 Å². The highest BCUT2D eigenvalue weighted by atomic mass is 35.5. The molecule has 108 valence electrons. The molecular formula is C16H15ClN2O2. The van der Waals surface area contributed by atoms with Gasteiger partial charge in [-0.15, -0.1) is 0 Å². The van der Waals surface area contributed by atoms with Gasteiger partial charge in [0.15, 0.2) is 0 Å². The largest absolute Gasteiger partial charge is 0.326 e. The highest BCUT2D eigenvalue weighted by Crippen LogP contribution is 2.15. The second-order valence-corrected chi connectivity index (χ2v) is 5.09. The van der Waals surface area contributed by atoms with Gasteiger partial charge in [-0.2, -0.15) is 0 Å². The fourth-order valence-corrected chi connectivity index (χ4v) is 2.04. The van der Waals surface area contributed by atoms with Gasteiger partial charge in [-0.05, 0) is 42.8 Å². The van der Waals surface area contributed by atoms with Gasteiger partial charge in [0.2, 0.25) is 11.8 Å². The predicted octanol–water partition coefficient (Wildman–Crippen LogP) is 3.62. The van der Waals surface area contributed by atoms with Crippen molar-refractivity contribution in [1.82, 2.24) is 0 Å². The number of hydrogen-bond donors (Lipinski definition) is 2. The number of nitrogens with one attached hydrogen (secondary N) is 2. The molecule has 0 heterocycles. The molecule has 5 heteroatoms. The Kier molecular flexibility index (Phi) is 4.95. The first-order valence-corrected chi connectivity index (χ1v) is 6.83. The van der Waals surface area contributed by atoms with Crippen molar-refractivity contribution in [1.29, 1.82) is 0 Å². The molecule has 0 aliphatic carbocycles. The van der Waals surface area contributed by atoms with Gasteiger partial charge < -0.3 is 10.6 Å². The minimum Gasteiger partial charge on any atom is -0.326 e. The Morgan fingerprint density at radius 3 is 2.10 bits per heavy atom. The van der Waals surface area contributed by atoms with Crippen LogP contribution in [0.4, 0.5) is 11.4 Å². The van der Waals surface area contributed by atoms with Crippen molar-refractivity contribution >= 4 is 34.8 Å². The van der Waals surface area contributed by atoms with Gasteiger partial charge in [0.25, 0.3) is 0 Å². The van der Waals surface area contributed by atoms with Crippen molar-refractivity contribution in [2.24, 2.45) is 0 Å². The summed E-state index contributed by atoms with van der Waals surface area (Å²) < 4.78 is 0. The molecule has 0 aliphatic rings. The Labute approximate surface area is 128 Å². The molecule has 21 heavy (non-hydrogen) atoms. The van der Waals surface area contributed by atoms with Crippen molar-refractivity contribution in [3.05, 3.63) is 59.1 Å². The molecule has 0 radical (unpaired) electrons. The summed E-state index contributed by atoms with van der Waals surface area (Å²) in [6, 6.07) is 14.2. The van der Waals surface area contributed by atoms with Crippen LogP contribution in [-0.2, 0) is 9.59 Å². The van der Waals surface area contributed by atoms with E-state index in [1.165, 1.54) is 0 Å². The number of anilines is 2. The summed E-state index contributed by atoms with van der Waals surface area (Å²) in [5.41, 5.74) is 2.28. The second kappa shape index (κ2) is 6.90. The van der Waals surface area contributed by atoms with Gasteiger partial charge in [0.05, 0.1) is 0 Å². The molecule has 2 N–H and O–H groups in total. The molecule has 0 atom stereocenters. The minimum atomic E-state index is -0.387. The van der Waals surface area contributed by atoms with Crippen molar-refractivity contribution in [2.45, 2.75) is 13.3 Å². The topological polar surface area (TPSA) is 58.2 Å². The van der Waals surface area contributed by atoms with E-state index in [0.29, 0.717) is 16.4 Å².